The number of nitrogens with one attached hydrogen (secondary N) is 2. The number of hydrogen-bond acceptors (Lipinski definition) is 3. The summed E-state index contributed by atoms with van der Waals surface area (Å²) in [5, 5.41) is 11.4. The van der Waals surface area contributed by atoms with Gasteiger partial charge < -0.3 is 15.4 Å². The van der Waals surface area contributed by atoms with Gasteiger partial charge in [-0.2, -0.15) is 0 Å². The van der Waals surface area contributed by atoms with E-state index in [1.165, 1.54) is 18.6 Å². The molecule has 0 fully saturated rings. The first-order valence-corrected chi connectivity index (χ1v) is 5.14. The Morgan fingerprint density at radius 3 is 2.76 bits per heavy atom. The molecule has 1 aromatic heterocycles. The van der Waals surface area contributed by atoms with E-state index in [4.69, 9.17) is 5.11 Å². The molecule has 92 valence electrons. The van der Waals surface area contributed by atoms with Crippen molar-refractivity contribution in [1.82, 2.24) is 15.3 Å². The molecule has 0 radical (unpaired) electrons. The topological polar surface area (TPSA) is 95.1 Å². The summed E-state index contributed by atoms with van der Waals surface area (Å²) < 4.78 is 0. The van der Waals surface area contributed by atoms with E-state index in [0.717, 1.165) is 5.57 Å². The quantitative estimate of drug-likeness (QED) is 0.649. The number of aromatic nitrogens is 2. The third-order valence-electron chi connectivity index (χ3n) is 2.01. The van der Waals surface area contributed by atoms with Crippen molar-refractivity contribution in [1.29, 1.82) is 0 Å². The standard InChI is InChI=1S/C11H15N3O3/c1-7(2)3-10(15)14-9(11(16)17)4-8-5-12-6-13-8/h3,5-6,9H,4H2,1-2H3,(H,12,13)(H,14,15)(H,16,17)/t9-/m1/s1. The zero-order chi connectivity index (χ0) is 12.8. The van der Waals surface area contributed by atoms with Crippen molar-refractivity contribution in [3.05, 3.63) is 29.9 Å². The van der Waals surface area contributed by atoms with E-state index < -0.39 is 17.9 Å². The van der Waals surface area contributed by atoms with Crippen LogP contribution in [0.1, 0.15) is 19.5 Å². The van der Waals surface area contributed by atoms with E-state index in [2.05, 4.69) is 15.3 Å². The fourth-order valence-electron chi connectivity index (χ4n) is 1.29. The smallest absolute Gasteiger partial charge is 0.326 e. The number of allylic oxidation sites excluding steroid dienone is 1. The molecule has 0 bridgehead atoms. The molecule has 1 atom stereocenters. The van der Waals surface area contributed by atoms with Gasteiger partial charge in [0.15, 0.2) is 0 Å². The zero-order valence-corrected chi connectivity index (χ0v) is 9.73. The van der Waals surface area contributed by atoms with Gasteiger partial charge in [0.25, 0.3) is 0 Å². The molecule has 0 unspecified atom stereocenters. The SMILES string of the molecule is CC(C)=CC(=O)N[C@H](Cc1cnc[nH]1)C(=O)O. The molecule has 0 aliphatic rings. The molecule has 0 spiro atoms. The molecule has 6 nitrogen and oxygen atoms in total. The summed E-state index contributed by atoms with van der Waals surface area (Å²) in [5.41, 5.74) is 1.48. The predicted octanol–water partition coefficient (Wildman–Crippen LogP) is 0.488. The summed E-state index contributed by atoms with van der Waals surface area (Å²) in [6.45, 7) is 3.54. The molecule has 0 aromatic carbocycles. The lowest BCUT2D eigenvalue weighted by atomic mass is 10.1. The molecule has 6 heteroatoms. The molecule has 3 N–H and O–H groups in total. The molecule has 17 heavy (non-hydrogen) atoms. The predicted molar refractivity (Wildman–Crippen MR) is 61.3 cm³/mol. The van der Waals surface area contributed by atoms with Crippen molar-refractivity contribution < 1.29 is 14.7 Å². The molecular weight excluding hydrogens is 222 g/mol. The van der Waals surface area contributed by atoms with Crippen LogP contribution in [0.4, 0.5) is 0 Å². The monoisotopic (exact) mass is 237 g/mol. The number of carboxylic acids is 1. The van der Waals surface area contributed by atoms with Crippen LogP contribution in [0.3, 0.4) is 0 Å². The van der Waals surface area contributed by atoms with Gasteiger partial charge in [-0.15, -0.1) is 0 Å². The first-order chi connectivity index (χ1) is 7.99. The van der Waals surface area contributed by atoms with E-state index in [-0.39, 0.29) is 6.42 Å². The van der Waals surface area contributed by atoms with Gasteiger partial charge in [0.2, 0.25) is 5.91 Å². The maximum atomic E-state index is 11.4. The number of carboxylic acid groups (broad SMARTS) is 1. The van der Waals surface area contributed by atoms with Gasteiger partial charge in [0.1, 0.15) is 6.04 Å². The van der Waals surface area contributed by atoms with Crippen molar-refractivity contribution in [3.8, 4) is 0 Å². The second kappa shape index (κ2) is 5.83. The molecule has 1 amide bonds. The number of carbonyl (C=O) groups is 2. The molecule has 0 saturated carbocycles. The minimum Gasteiger partial charge on any atom is -0.480 e. The Hall–Kier alpha value is -2.11. The van der Waals surface area contributed by atoms with Crippen LogP contribution in [0.2, 0.25) is 0 Å². The molecule has 1 aromatic rings. The van der Waals surface area contributed by atoms with Crippen molar-refractivity contribution in [2.75, 3.05) is 0 Å². The van der Waals surface area contributed by atoms with Crippen LogP contribution in [-0.2, 0) is 16.0 Å². The van der Waals surface area contributed by atoms with Crippen LogP contribution >= 0.6 is 0 Å². The van der Waals surface area contributed by atoms with Crippen LogP contribution in [0.25, 0.3) is 0 Å². The summed E-state index contributed by atoms with van der Waals surface area (Å²) in [6, 6.07) is -0.960. The van der Waals surface area contributed by atoms with Gasteiger partial charge in [-0.25, -0.2) is 9.78 Å². The summed E-state index contributed by atoms with van der Waals surface area (Å²) in [6.07, 6.45) is 4.54. The van der Waals surface area contributed by atoms with E-state index in [1.54, 1.807) is 13.8 Å². The maximum Gasteiger partial charge on any atom is 0.326 e. The third kappa shape index (κ3) is 4.50. The van der Waals surface area contributed by atoms with Crippen molar-refractivity contribution >= 4 is 11.9 Å². The van der Waals surface area contributed by atoms with Crippen molar-refractivity contribution in [2.45, 2.75) is 26.3 Å². The first kappa shape index (κ1) is 13.0. The highest BCUT2D eigenvalue weighted by Crippen LogP contribution is 1.99. The number of nitrogens with zero attached hydrogens (tertiary/aromatic N) is 1. The van der Waals surface area contributed by atoms with E-state index >= 15 is 0 Å². The Kier molecular flexibility index (Phi) is 4.45. The van der Waals surface area contributed by atoms with Gasteiger partial charge >= 0.3 is 5.97 Å². The number of carbonyl (C=O) groups excluding carboxylic acids is 1. The van der Waals surface area contributed by atoms with E-state index in [0.29, 0.717) is 5.69 Å². The summed E-state index contributed by atoms with van der Waals surface area (Å²) in [7, 11) is 0. The van der Waals surface area contributed by atoms with Crippen molar-refractivity contribution in [3.63, 3.8) is 0 Å². The third-order valence-corrected chi connectivity index (χ3v) is 2.01. The van der Waals surface area contributed by atoms with Crippen LogP contribution in [0.15, 0.2) is 24.2 Å². The normalized spacial score (nSPS) is 11.6. The van der Waals surface area contributed by atoms with E-state index in [1.807, 2.05) is 0 Å². The van der Waals surface area contributed by atoms with Gasteiger partial charge in [-0.05, 0) is 13.8 Å². The summed E-state index contributed by atoms with van der Waals surface area (Å²) in [5.74, 6) is -1.48. The Balaban J connectivity index is 2.64. The van der Waals surface area contributed by atoms with Crippen LogP contribution in [0, 0.1) is 0 Å². The minimum absolute atomic E-state index is 0.178. The number of hydrogen-bond donors (Lipinski definition) is 3. The highest BCUT2D eigenvalue weighted by molar-refractivity contribution is 5.91. The first-order valence-electron chi connectivity index (χ1n) is 5.14. The van der Waals surface area contributed by atoms with Crippen LogP contribution in [0.5, 0.6) is 0 Å². The Morgan fingerprint density at radius 1 is 1.59 bits per heavy atom. The number of rotatable bonds is 5. The minimum atomic E-state index is -1.07. The molecule has 1 heterocycles. The largest absolute Gasteiger partial charge is 0.480 e. The lowest BCUT2D eigenvalue weighted by Crippen LogP contribution is -2.41. The second-order valence-corrected chi connectivity index (χ2v) is 3.90. The Bertz CT molecular complexity index is 419. The fraction of sp³-hybridized carbons (Fsp3) is 0.364. The maximum absolute atomic E-state index is 11.4. The van der Waals surface area contributed by atoms with Gasteiger partial charge in [0.05, 0.1) is 6.33 Å². The number of aromatic amines is 1. The number of aliphatic carboxylic acids is 1. The Labute approximate surface area is 98.8 Å². The van der Waals surface area contributed by atoms with Crippen molar-refractivity contribution in [2.24, 2.45) is 0 Å². The van der Waals surface area contributed by atoms with Crippen LogP contribution in [-0.4, -0.2) is 33.0 Å². The number of imidazole rings is 1. The highest BCUT2D eigenvalue weighted by Gasteiger charge is 2.19. The lowest BCUT2D eigenvalue weighted by Gasteiger charge is -2.12. The number of H-pyrrole nitrogens is 1. The lowest BCUT2D eigenvalue weighted by molar-refractivity contribution is -0.141. The van der Waals surface area contributed by atoms with E-state index in [9.17, 15) is 9.59 Å². The molecule has 0 aliphatic carbocycles. The zero-order valence-electron chi connectivity index (χ0n) is 9.73. The fourth-order valence-corrected chi connectivity index (χ4v) is 1.29. The molecule has 0 saturated heterocycles. The molecule has 0 aliphatic heterocycles. The molecular formula is C11H15N3O3. The number of amides is 1. The molecule has 1 rings (SSSR count). The summed E-state index contributed by atoms with van der Waals surface area (Å²) >= 11 is 0. The Morgan fingerprint density at radius 2 is 2.29 bits per heavy atom. The highest BCUT2D eigenvalue weighted by atomic mass is 16.4. The van der Waals surface area contributed by atoms with Gasteiger partial charge in [0, 0.05) is 24.4 Å². The summed E-state index contributed by atoms with van der Waals surface area (Å²) in [4.78, 5) is 29.0. The average Bonchev–Trinajstić information content (AvgIpc) is 2.67. The second-order valence-electron chi connectivity index (χ2n) is 3.90. The van der Waals surface area contributed by atoms with Gasteiger partial charge in [-0.3, -0.25) is 4.79 Å². The average molecular weight is 237 g/mol. The van der Waals surface area contributed by atoms with Gasteiger partial charge in [-0.1, -0.05) is 5.57 Å². The van der Waals surface area contributed by atoms with Crippen LogP contribution < -0.4 is 5.32 Å².